The van der Waals surface area contributed by atoms with Crippen molar-refractivity contribution in [2.75, 3.05) is 36.5 Å². The summed E-state index contributed by atoms with van der Waals surface area (Å²) >= 11 is 0. The molecule has 0 aromatic carbocycles. The second-order valence-electron chi connectivity index (χ2n) is 10.5. The van der Waals surface area contributed by atoms with Crippen molar-refractivity contribution in [3.8, 4) is 11.3 Å². The topological polar surface area (TPSA) is 94.3 Å². The average Bonchev–Trinajstić information content (AvgIpc) is 3.43. The Morgan fingerprint density at radius 1 is 1.27 bits per heavy atom. The molecule has 3 aromatic heterocycles. The van der Waals surface area contributed by atoms with E-state index in [1.165, 1.54) is 6.92 Å². The van der Waals surface area contributed by atoms with E-state index in [9.17, 15) is 22.8 Å². The molecule has 0 bridgehead atoms. The first kappa shape index (κ1) is 24.0. The standard InChI is InChI=1S/C25H27F3N6O3/c1-14(25(26,27)28)34-23(36)20(32-6-5-24(11-32)12-37-13-24)8-19(31-34)18-10-33(16-3-4-16)21-9-29-22(7-17(18)21)30-15(2)35/h7-10,14,16H,3-6,11-13H2,1-2H3,(H,29,30,35)/t14-/m0/s1. The molecule has 196 valence electrons. The van der Waals surface area contributed by atoms with Crippen LogP contribution in [0.25, 0.3) is 22.2 Å². The highest BCUT2D eigenvalue weighted by atomic mass is 19.4. The van der Waals surface area contributed by atoms with Gasteiger partial charge in [-0.2, -0.15) is 18.3 Å². The summed E-state index contributed by atoms with van der Waals surface area (Å²) in [6, 6.07) is 1.47. The minimum absolute atomic E-state index is 0.0583. The summed E-state index contributed by atoms with van der Waals surface area (Å²) in [6.45, 7) is 4.60. The number of pyridine rings is 1. The first-order chi connectivity index (χ1) is 17.5. The van der Waals surface area contributed by atoms with Gasteiger partial charge in [0.2, 0.25) is 5.91 Å². The van der Waals surface area contributed by atoms with Gasteiger partial charge in [0.1, 0.15) is 17.5 Å². The highest BCUT2D eigenvalue weighted by Crippen LogP contribution is 2.43. The zero-order chi connectivity index (χ0) is 26.1. The summed E-state index contributed by atoms with van der Waals surface area (Å²) in [5, 5.41) is 7.61. The zero-order valence-electron chi connectivity index (χ0n) is 20.5. The second-order valence-corrected chi connectivity index (χ2v) is 10.5. The Kier molecular flexibility index (Phi) is 5.38. The van der Waals surface area contributed by atoms with Gasteiger partial charge in [-0.05, 0) is 38.3 Å². The molecule has 0 unspecified atom stereocenters. The maximum atomic E-state index is 13.8. The Labute approximate surface area is 210 Å². The lowest BCUT2D eigenvalue weighted by molar-refractivity contribution is -0.166. The molecule has 3 fully saturated rings. The number of halogens is 3. The lowest BCUT2D eigenvalue weighted by Crippen LogP contribution is -2.45. The number of hydrogen-bond donors (Lipinski definition) is 1. The third kappa shape index (κ3) is 4.16. The number of carbonyl (C=O) groups is 1. The SMILES string of the molecule is CC(=O)Nc1cc2c(-c3cc(N4CCC5(COC5)C4)c(=O)n([C@@H](C)C(F)(F)F)n3)cn(C3CC3)c2cn1. The number of ether oxygens (including phenoxy) is 1. The van der Waals surface area contributed by atoms with Crippen LogP contribution in [0.5, 0.6) is 0 Å². The van der Waals surface area contributed by atoms with Crippen molar-refractivity contribution >= 4 is 28.3 Å². The normalized spacial score (nSPS) is 19.9. The van der Waals surface area contributed by atoms with Crippen molar-refractivity contribution in [3.63, 3.8) is 0 Å². The van der Waals surface area contributed by atoms with Gasteiger partial charge in [-0.3, -0.25) is 9.59 Å². The number of hydrogen-bond acceptors (Lipinski definition) is 6. The van der Waals surface area contributed by atoms with Crippen molar-refractivity contribution in [1.29, 1.82) is 0 Å². The molecule has 0 radical (unpaired) electrons. The van der Waals surface area contributed by atoms with Crippen molar-refractivity contribution in [3.05, 3.63) is 34.9 Å². The van der Waals surface area contributed by atoms with Crippen molar-refractivity contribution < 1.29 is 22.7 Å². The number of alkyl halides is 3. The highest BCUT2D eigenvalue weighted by Gasteiger charge is 2.46. The summed E-state index contributed by atoms with van der Waals surface area (Å²) in [5.74, 6) is 0.0457. The highest BCUT2D eigenvalue weighted by molar-refractivity contribution is 5.98. The average molecular weight is 517 g/mol. The van der Waals surface area contributed by atoms with Crippen LogP contribution < -0.4 is 15.8 Å². The van der Waals surface area contributed by atoms with Gasteiger partial charge in [0, 0.05) is 48.6 Å². The van der Waals surface area contributed by atoms with Crippen LogP contribution in [0.3, 0.4) is 0 Å². The molecule has 12 heteroatoms. The molecule has 1 aliphatic carbocycles. The van der Waals surface area contributed by atoms with E-state index in [-0.39, 0.29) is 28.7 Å². The van der Waals surface area contributed by atoms with Crippen LogP contribution in [-0.4, -0.2) is 57.7 Å². The van der Waals surface area contributed by atoms with E-state index in [1.54, 1.807) is 18.3 Å². The molecule has 9 nitrogen and oxygen atoms in total. The molecule has 1 saturated carbocycles. The Morgan fingerprint density at radius 2 is 2.03 bits per heavy atom. The molecule has 1 spiro atoms. The maximum absolute atomic E-state index is 13.8. The van der Waals surface area contributed by atoms with Crippen molar-refractivity contribution in [2.24, 2.45) is 5.41 Å². The number of rotatable bonds is 5. The minimum atomic E-state index is -4.65. The fourth-order valence-corrected chi connectivity index (χ4v) is 5.28. The fraction of sp³-hybridized carbons (Fsp3) is 0.520. The third-order valence-electron chi connectivity index (χ3n) is 7.59. The predicted octanol–water partition coefficient (Wildman–Crippen LogP) is 3.90. The Bertz CT molecular complexity index is 1450. The fourth-order valence-electron chi connectivity index (χ4n) is 5.28. The molecule has 37 heavy (non-hydrogen) atoms. The van der Waals surface area contributed by atoms with Gasteiger partial charge in [0.15, 0.2) is 0 Å². The predicted molar refractivity (Wildman–Crippen MR) is 131 cm³/mol. The molecule has 2 saturated heterocycles. The first-order valence-corrected chi connectivity index (χ1v) is 12.4. The van der Waals surface area contributed by atoms with E-state index in [1.807, 2.05) is 11.1 Å². The van der Waals surface area contributed by atoms with Crippen LogP contribution in [0.15, 0.2) is 29.3 Å². The van der Waals surface area contributed by atoms with Crippen LogP contribution in [0, 0.1) is 5.41 Å². The molecule has 1 N–H and O–H groups in total. The van der Waals surface area contributed by atoms with Gasteiger partial charge in [0.25, 0.3) is 5.56 Å². The lowest BCUT2D eigenvalue weighted by atomic mass is 9.85. The number of nitrogens with one attached hydrogen (secondary N) is 1. The monoisotopic (exact) mass is 516 g/mol. The van der Waals surface area contributed by atoms with Crippen LogP contribution in [-0.2, 0) is 9.53 Å². The van der Waals surface area contributed by atoms with Gasteiger partial charge in [-0.1, -0.05) is 0 Å². The van der Waals surface area contributed by atoms with E-state index in [2.05, 4.69) is 20.0 Å². The molecule has 6 rings (SSSR count). The Hall–Kier alpha value is -3.41. The summed E-state index contributed by atoms with van der Waals surface area (Å²) < 4.78 is 49.4. The summed E-state index contributed by atoms with van der Waals surface area (Å²) in [4.78, 5) is 31.2. The number of fused-ring (bicyclic) bond motifs is 1. The lowest BCUT2D eigenvalue weighted by Gasteiger charge is -2.37. The van der Waals surface area contributed by atoms with E-state index < -0.39 is 17.8 Å². The van der Waals surface area contributed by atoms with E-state index in [0.717, 1.165) is 31.7 Å². The van der Waals surface area contributed by atoms with E-state index in [0.29, 0.717) is 47.8 Å². The van der Waals surface area contributed by atoms with Gasteiger partial charge < -0.3 is 19.5 Å². The van der Waals surface area contributed by atoms with Crippen molar-refractivity contribution in [2.45, 2.75) is 51.4 Å². The van der Waals surface area contributed by atoms with Gasteiger partial charge >= 0.3 is 6.18 Å². The van der Waals surface area contributed by atoms with Crippen LogP contribution in [0.4, 0.5) is 24.7 Å². The minimum Gasteiger partial charge on any atom is -0.380 e. The summed E-state index contributed by atoms with van der Waals surface area (Å²) in [5.41, 5.74) is 1.02. The van der Waals surface area contributed by atoms with Gasteiger partial charge in [-0.25, -0.2) is 9.67 Å². The number of nitrogens with zero attached hydrogens (tertiary/aromatic N) is 5. The van der Waals surface area contributed by atoms with Gasteiger partial charge in [0.05, 0.1) is 30.6 Å². The Balaban J connectivity index is 1.53. The van der Waals surface area contributed by atoms with Crippen LogP contribution >= 0.6 is 0 Å². The molecule has 1 amide bonds. The number of amides is 1. The number of carbonyl (C=O) groups excluding carboxylic acids is 1. The molecular formula is C25H27F3N6O3. The van der Waals surface area contributed by atoms with E-state index in [4.69, 9.17) is 4.74 Å². The maximum Gasteiger partial charge on any atom is 0.410 e. The quantitative estimate of drug-likeness (QED) is 0.553. The molecule has 3 aliphatic rings. The zero-order valence-corrected chi connectivity index (χ0v) is 20.5. The van der Waals surface area contributed by atoms with Crippen LogP contribution in [0.2, 0.25) is 0 Å². The third-order valence-corrected chi connectivity index (χ3v) is 7.59. The summed E-state index contributed by atoms with van der Waals surface area (Å²) in [6.07, 6.45) is 1.65. The first-order valence-electron chi connectivity index (χ1n) is 12.4. The van der Waals surface area contributed by atoms with Crippen LogP contribution in [0.1, 0.15) is 45.2 Å². The summed E-state index contributed by atoms with van der Waals surface area (Å²) in [7, 11) is 0. The molecule has 1 atom stereocenters. The largest absolute Gasteiger partial charge is 0.410 e. The Morgan fingerprint density at radius 3 is 2.62 bits per heavy atom. The van der Waals surface area contributed by atoms with Crippen molar-refractivity contribution in [1.82, 2.24) is 19.3 Å². The smallest absolute Gasteiger partial charge is 0.380 e. The van der Waals surface area contributed by atoms with E-state index >= 15 is 0 Å². The number of anilines is 2. The molecule has 5 heterocycles. The second kappa shape index (κ2) is 8.30. The molecular weight excluding hydrogens is 489 g/mol. The molecule has 3 aromatic rings. The number of aromatic nitrogens is 4. The molecule has 2 aliphatic heterocycles. The van der Waals surface area contributed by atoms with Gasteiger partial charge in [-0.15, -0.1) is 0 Å².